The third-order valence-electron chi connectivity index (χ3n) is 5.78. The summed E-state index contributed by atoms with van der Waals surface area (Å²) in [6.45, 7) is 3.84. The van der Waals surface area contributed by atoms with E-state index in [0.717, 1.165) is 41.1 Å². The van der Waals surface area contributed by atoms with Crippen LogP contribution in [0, 0.1) is 0 Å². The van der Waals surface area contributed by atoms with Crippen LogP contribution in [-0.4, -0.2) is 42.2 Å². The van der Waals surface area contributed by atoms with E-state index < -0.39 is 5.60 Å². The minimum Gasteiger partial charge on any atom is -0.497 e. The van der Waals surface area contributed by atoms with E-state index in [0.29, 0.717) is 23.6 Å². The highest BCUT2D eigenvalue weighted by atomic mass is 16.5. The van der Waals surface area contributed by atoms with Gasteiger partial charge < -0.3 is 15.6 Å². The van der Waals surface area contributed by atoms with Crippen molar-refractivity contribution in [2.24, 2.45) is 0 Å². The van der Waals surface area contributed by atoms with Crippen molar-refractivity contribution in [2.75, 3.05) is 12.8 Å². The highest BCUT2D eigenvalue weighted by Crippen LogP contribution is 2.38. The van der Waals surface area contributed by atoms with Crippen molar-refractivity contribution < 1.29 is 9.84 Å². The second kappa shape index (κ2) is 7.93. The van der Waals surface area contributed by atoms with Crippen molar-refractivity contribution in [3.05, 3.63) is 65.1 Å². The smallest absolute Gasteiger partial charge is 0.221 e. The molecule has 0 bridgehead atoms. The number of ether oxygens (including phenoxy) is 1. The Hall–Kier alpha value is -3.85. The Morgan fingerprint density at radius 1 is 1.09 bits per heavy atom. The van der Waals surface area contributed by atoms with Gasteiger partial charge in [0, 0.05) is 11.1 Å². The van der Waals surface area contributed by atoms with Crippen LogP contribution in [0.15, 0.2) is 42.6 Å². The van der Waals surface area contributed by atoms with Crippen LogP contribution < -0.4 is 10.5 Å². The summed E-state index contributed by atoms with van der Waals surface area (Å²) in [6.07, 6.45) is 3.49. The van der Waals surface area contributed by atoms with E-state index in [4.69, 9.17) is 10.5 Å². The molecule has 0 radical (unpaired) electrons. The molecule has 1 aliphatic carbocycles. The van der Waals surface area contributed by atoms with Crippen LogP contribution in [0.1, 0.15) is 36.4 Å². The SMILES string of the molecule is COc1ccc2c(c1)-c1nc(N)nc(-c3cn(Cc4cccc(C(C)(C)O)n4)nn3)c1CC2. The van der Waals surface area contributed by atoms with Gasteiger partial charge in [0.1, 0.15) is 22.7 Å². The number of nitrogen functional groups attached to an aromatic ring is 1. The summed E-state index contributed by atoms with van der Waals surface area (Å²) in [6, 6.07) is 11.6. The van der Waals surface area contributed by atoms with Crippen LogP contribution in [-0.2, 0) is 25.0 Å². The number of benzene rings is 1. The number of hydrogen-bond donors (Lipinski definition) is 2. The fourth-order valence-electron chi connectivity index (χ4n) is 4.11. The molecule has 1 aromatic carbocycles. The van der Waals surface area contributed by atoms with E-state index in [9.17, 15) is 5.11 Å². The first-order chi connectivity index (χ1) is 15.8. The first-order valence-electron chi connectivity index (χ1n) is 10.7. The Bertz CT molecular complexity index is 1340. The molecule has 168 valence electrons. The van der Waals surface area contributed by atoms with Gasteiger partial charge in [0.2, 0.25) is 5.95 Å². The average molecular weight is 444 g/mol. The van der Waals surface area contributed by atoms with E-state index in [1.807, 2.05) is 30.5 Å². The zero-order valence-electron chi connectivity index (χ0n) is 18.8. The second-order valence-corrected chi connectivity index (χ2v) is 8.66. The van der Waals surface area contributed by atoms with Crippen molar-refractivity contribution in [3.8, 4) is 28.4 Å². The average Bonchev–Trinajstić information content (AvgIpc) is 3.26. The van der Waals surface area contributed by atoms with Crippen molar-refractivity contribution in [3.63, 3.8) is 0 Å². The zero-order valence-corrected chi connectivity index (χ0v) is 18.8. The highest BCUT2D eigenvalue weighted by Gasteiger charge is 2.25. The Morgan fingerprint density at radius 2 is 1.91 bits per heavy atom. The van der Waals surface area contributed by atoms with E-state index in [2.05, 4.69) is 31.3 Å². The molecule has 0 atom stereocenters. The third kappa shape index (κ3) is 4.03. The van der Waals surface area contributed by atoms with E-state index in [1.54, 1.807) is 31.7 Å². The van der Waals surface area contributed by atoms with Crippen LogP contribution in [0.5, 0.6) is 5.75 Å². The van der Waals surface area contributed by atoms with Gasteiger partial charge in [-0.05, 0) is 56.5 Å². The molecular formula is C24H25N7O2. The number of anilines is 1. The molecule has 0 saturated carbocycles. The summed E-state index contributed by atoms with van der Waals surface area (Å²) in [5.41, 5.74) is 11.8. The first kappa shape index (κ1) is 21.0. The fraction of sp³-hybridized carbons (Fsp3) is 0.292. The topological polar surface area (TPSA) is 125 Å². The normalized spacial score (nSPS) is 12.8. The highest BCUT2D eigenvalue weighted by molar-refractivity contribution is 5.77. The predicted octanol–water partition coefficient (Wildman–Crippen LogP) is 2.76. The molecule has 5 rings (SSSR count). The summed E-state index contributed by atoms with van der Waals surface area (Å²) in [4.78, 5) is 13.6. The van der Waals surface area contributed by atoms with Gasteiger partial charge in [-0.3, -0.25) is 4.98 Å². The molecule has 3 N–H and O–H groups in total. The Kier molecular flexibility index (Phi) is 5.05. The van der Waals surface area contributed by atoms with Gasteiger partial charge in [0.25, 0.3) is 0 Å². The summed E-state index contributed by atoms with van der Waals surface area (Å²) in [7, 11) is 1.65. The number of nitrogens with zero attached hydrogens (tertiary/aromatic N) is 6. The molecule has 9 nitrogen and oxygen atoms in total. The van der Waals surface area contributed by atoms with Gasteiger partial charge in [-0.2, -0.15) is 0 Å². The number of aryl methyl sites for hydroxylation is 1. The summed E-state index contributed by atoms with van der Waals surface area (Å²) in [5.74, 6) is 0.959. The molecule has 3 heterocycles. The maximum atomic E-state index is 10.2. The van der Waals surface area contributed by atoms with Gasteiger partial charge in [-0.1, -0.05) is 17.3 Å². The predicted molar refractivity (Wildman–Crippen MR) is 123 cm³/mol. The largest absolute Gasteiger partial charge is 0.497 e. The number of nitrogens with two attached hydrogens (primary N) is 1. The molecule has 9 heteroatoms. The number of rotatable bonds is 5. The third-order valence-corrected chi connectivity index (χ3v) is 5.78. The van der Waals surface area contributed by atoms with Crippen LogP contribution in [0.4, 0.5) is 5.95 Å². The number of methoxy groups -OCH3 is 1. The molecule has 0 amide bonds. The first-order valence-corrected chi connectivity index (χ1v) is 10.7. The van der Waals surface area contributed by atoms with Crippen molar-refractivity contribution in [1.82, 2.24) is 29.9 Å². The Morgan fingerprint density at radius 3 is 2.70 bits per heavy atom. The second-order valence-electron chi connectivity index (χ2n) is 8.66. The number of pyridine rings is 1. The lowest BCUT2D eigenvalue weighted by Crippen LogP contribution is -2.18. The molecule has 0 unspecified atom stereocenters. The monoisotopic (exact) mass is 443 g/mol. The van der Waals surface area contributed by atoms with E-state index in [1.165, 1.54) is 5.56 Å². The minimum absolute atomic E-state index is 0.188. The molecule has 0 fully saturated rings. The fourth-order valence-corrected chi connectivity index (χ4v) is 4.11. The minimum atomic E-state index is -1.01. The molecule has 0 aliphatic heterocycles. The molecule has 0 saturated heterocycles. The number of hydrogen-bond acceptors (Lipinski definition) is 8. The maximum absolute atomic E-state index is 10.2. The van der Waals surface area contributed by atoms with E-state index in [-0.39, 0.29) is 5.95 Å². The van der Waals surface area contributed by atoms with Gasteiger partial charge in [0.15, 0.2) is 0 Å². The van der Waals surface area contributed by atoms with Crippen LogP contribution >= 0.6 is 0 Å². The Balaban J connectivity index is 1.50. The van der Waals surface area contributed by atoms with Crippen LogP contribution in [0.2, 0.25) is 0 Å². The lowest BCUT2D eigenvalue weighted by atomic mass is 9.87. The van der Waals surface area contributed by atoms with Gasteiger partial charge in [-0.15, -0.1) is 5.10 Å². The van der Waals surface area contributed by atoms with Crippen LogP contribution in [0.3, 0.4) is 0 Å². The van der Waals surface area contributed by atoms with Crippen molar-refractivity contribution in [2.45, 2.75) is 38.8 Å². The summed E-state index contributed by atoms with van der Waals surface area (Å²) in [5, 5.41) is 18.9. The van der Waals surface area contributed by atoms with Gasteiger partial charge >= 0.3 is 0 Å². The number of aromatic nitrogens is 6. The molecule has 33 heavy (non-hydrogen) atoms. The molecule has 3 aromatic heterocycles. The molecule has 0 spiro atoms. The quantitative estimate of drug-likeness (QED) is 0.482. The van der Waals surface area contributed by atoms with Gasteiger partial charge in [-0.25, -0.2) is 14.6 Å². The maximum Gasteiger partial charge on any atom is 0.221 e. The molecular weight excluding hydrogens is 418 g/mol. The Labute approximate surface area is 191 Å². The lowest BCUT2D eigenvalue weighted by molar-refractivity contribution is 0.0736. The molecule has 4 aromatic rings. The molecule has 1 aliphatic rings. The standard InChI is InChI=1S/C24H25N7O2/c1-24(2,32)20-6-4-5-15(26-20)12-31-13-19(29-30-31)22-17-10-8-14-7-9-16(33-3)11-18(14)21(17)27-23(25)28-22/h4-7,9,11,13,32H,8,10,12H2,1-3H3,(H2,25,27,28). The number of fused-ring (bicyclic) bond motifs is 3. The summed E-state index contributed by atoms with van der Waals surface area (Å²) >= 11 is 0. The zero-order chi connectivity index (χ0) is 23.2. The van der Waals surface area contributed by atoms with E-state index >= 15 is 0 Å². The van der Waals surface area contributed by atoms with Crippen LogP contribution in [0.25, 0.3) is 22.6 Å². The lowest BCUT2D eigenvalue weighted by Gasteiger charge is -2.21. The van der Waals surface area contributed by atoms with Crippen molar-refractivity contribution >= 4 is 5.95 Å². The number of aliphatic hydroxyl groups is 1. The van der Waals surface area contributed by atoms with Crippen molar-refractivity contribution in [1.29, 1.82) is 0 Å². The summed E-state index contributed by atoms with van der Waals surface area (Å²) < 4.78 is 7.11. The van der Waals surface area contributed by atoms with Gasteiger partial charge in [0.05, 0.1) is 36.9 Å².